The molecule has 1 aliphatic carbocycles. The van der Waals surface area contributed by atoms with E-state index in [1.165, 1.54) is 12.0 Å². The number of nitrogens with two attached hydrogens (primary N) is 1. The fraction of sp³-hybridized carbons (Fsp3) is 0.714. The van der Waals surface area contributed by atoms with Crippen LogP contribution in [-0.2, 0) is 16.8 Å². The first kappa shape index (κ1) is 13.4. The van der Waals surface area contributed by atoms with E-state index in [0.717, 1.165) is 42.9 Å². The Labute approximate surface area is 109 Å². The highest BCUT2D eigenvalue weighted by atomic mass is 16.5. The lowest BCUT2D eigenvalue weighted by molar-refractivity contribution is -0.0848. The van der Waals surface area contributed by atoms with Crippen molar-refractivity contribution in [2.24, 2.45) is 5.73 Å². The molecule has 1 aromatic rings. The van der Waals surface area contributed by atoms with Crippen LogP contribution in [0.3, 0.4) is 0 Å². The zero-order valence-corrected chi connectivity index (χ0v) is 11.6. The summed E-state index contributed by atoms with van der Waals surface area (Å²) in [5.41, 5.74) is 8.75. The van der Waals surface area contributed by atoms with Crippen molar-refractivity contribution >= 4 is 0 Å². The third-order valence-corrected chi connectivity index (χ3v) is 4.01. The number of methoxy groups -OCH3 is 1. The highest BCUT2D eigenvalue weighted by Gasteiger charge is 2.42. The first-order chi connectivity index (χ1) is 8.63. The standard InChI is InChI=1S/C14H23N3O/c1-10-12(6-4-9-15)11(2)17-13(16-10)14(18-3)7-5-8-14/h4-9,15H2,1-3H3. The second-order valence-electron chi connectivity index (χ2n) is 5.14. The summed E-state index contributed by atoms with van der Waals surface area (Å²) in [6.45, 7) is 4.83. The van der Waals surface area contributed by atoms with Gasteiger partial charge in [-0.25, -0.2) is 9.97 Å². The molecule has 0 aromatic carbocycles. The van der Waals surface area contributed by atoms with Crippen LogP contribution in [0.2, 0.25) is 0 Å². The fourth-order valence-corrected chi connectivity index (χ4v) is 2.60. The van der Waals surface area contributed by atoms with Crippen LogP contribution in [0.15, 0.2) is 0 Å². The quantitative estimate of drug-likeness (QED) is 0.867. The Hall–Kier alpha value is -1.00. The van der Waals surface area contributed by atoms with Crippen molar-refractivity contribution in [2.75, 3.05) is 13.7 Å². The van der Waals surface area contributed by atoms with Gasteiger partial charge < -0.3 is 10.5 Å². The molecule has 100 valence electrons. The molecule has 4 nitrogen and oxygen atoms in total. The molecule has 0 radical (unpaired) electrons. The molecule has 1 aromatic heterocycles. The molecule has 2 N–H and O–H groups in total. The zero-order valence-electron chi connectivity index (χ0n) is 11.6. The summed E-state index contributed by atoms with van der Waals surface area (Å²) < 4.78 is 5.65. The van der Waals surface area contributed by atoms with Crippen molar-refractivity contribution < 1.29 is 4.74 Å². The summed E-state index contributed by atoms with van der Waals surface area (Å²) in [4.78, 5) is 9.35. The lowest BCUT2D eigenvalue weighted by Crippen LogP contribution is -2.38. The van der Waals surface area contributed by atoms with E-state index in [1.807, 2.05) is 0 Å². The minimum atomic E-state index is -0.220. The van der Waals surface area contributed by atoms with E-state index in [-0.39, 0.29) is 5.60 Å². The van der Waals surface area contributed by atoms with Gasteiger partial charge in [0, 0.05) is 18.5 Å². The highest BCUT2D eigenvalue weighted by Crippen LogP contribution is 2.42. The SMILES string of the molecule is COC1(c2nc(C)c(CCCN)c(C)n2)CCC1. The van der Waals surface area contributed by atoms with Gasteiger partial charge in [0.15, 0.2) is 5.82 Å². The Kier molecular flexibility index (Phi) is 3.97. The van der Waals surface area contributed by atoms with Crippen LogP contribution in [-0.4, -0.2) is 23.6 Å². The van der Waals surface area contributed by atoms with Gasteiger partial charge >= 0.3 is 0 Å². The molecule has 4 heteroatoms. The van der Waals surface area contributed by atoms with Crippen LogP contribution in [0.4, 0.5) is 0 Å². The van der Waals surface area contributed by atoms with Crippen molar-refractivity contribution in [2.45, 2.75) is 51.6 Å². The Morgan fingerprint density at radius 1 is 1.22 bits per heavy atom. The van der Waals surface area contributed by atoms with Gasteiger partial charge in [-0.2, -0.15) is 0 Å². The number of nitrogens with zero attached hydrogens (tertiary/aromatic N) is 2. The van der Waals surface area contributed by atoms with Gasteiger partial charge in [0.05, 0.1) is 0 Å². The first-order valence-corrected chi connectivity index (χ1v) is 6.73. The summed E-state index contributed by atoms with van der Waals surface area (Å²) in [6, 6.07) is 0. The minimum absolute atomic E-state index is 0.220. The summed E-state index contributed by atoms with van der Waals surface area (Å²) in [6.07, 6.45) is 5.22. The predicted molar refractivity (Wildman–Crippen MR) is 71.4 cm³/mol. The van der Waals surface area contributed by atoms with E-state index >= 15 is 0 Å². The lowest BCUT2D eigenvalue weighted by Gasteiger charge is -2.39. The molecular formula is C14H23N3O. The second-order valence-corrected chi connectivity index (χ2v) is 5.14. The number of aryl methyl sites for hydroxylation is 2. The Balaban J connectivity index is 2.30. The highest BCUT2D eigenvalue weighted by molar-refractivity contribution is 5.26. The number of ether oxygens (including phenoxy) is 1. The zero-order chi connectivity index (χ0) is 13.2. The largest absolute Gasteiger partial charge is 0.370 e. The van der Waals surface area contributed by atoms with Crippen molar-refractivity contribution in [3.05, 3.63) is 22.8 Å². The van der Waals surface area contributed by atoms with Gasteiger partial charge in [0.25, 0.3) is 0 Å². The van der Waals surface area contributed by atoms with E-state index < -0.39 is 0 Å². The molecule has 2 rings (SSSR count). The van der Waals surface area contributed by atoms with Gasteiger partial charge in [0.1, 0.15) is 5.60 Å². The monoisotopic (exact) mass is 249 g/mol. The topological polar surface area (TPSA) is 61.0 Å². The molecule has 0 aliphatic heterocycles. The normalized spacial score (nSPS) is 17.6. The van der Waals surface area contributed by atoms with Crippen molar-refractivity contribution in [1.29, 1.82) is 0 Å². The molecule has 1 aliphatic rings. The smallest absolute Gasteiger partial charge is 0.160 e. The minimum Gasteiger partial charge on any atom is -0.370 e. The lowest BCUT2D eigenvalue weighted by atomic mass is 9.79. The van der Waals surface area contributed by atoms with E-state index in [2.05, 4.69) is 23.8 Å². The summed E-state index contributed by atoms with van der Waals surface area (Å²) >= 11 is 0. The molecule has 0 atom stereocenters. The molecule has 0 amide bonds. The van der Waals surface area contributed by atoms with E-state index in [4.69, 9.17) is 10.5 Å². The Bertz CT molecular complexity index is 399. The van der Waals surface area contributed by atoms with Crippen molar-refractivity contribution in [3.63, 3.8) is 0 Å². The number of aromatic nitrogens is 2. The molecule has 18 heavy (non-hydrogen) atoms. The summed E-state index contributed by atoms with van der Waals surface area (Å²) in [5, 5.41) is 0. The number of hydrogen-bond donors (Lipinski definition) is 1. The van der Waals surface area contributed by atoms with Gasteiger partial charge in [-0.3, -0.25) is 0 Å². The molecule has 1 heterocycles. The molecule has 0 bridgehead atoms. The molecule has 1 fully saturated rings. The average Bonchev–Trinajstić information content (AvgIpc) is 2.27. The van der Waals surface area contributed by atoms with Crippen LogP contribution in [0.25, 0.3) is 0 Å². The van der Waals surface area contributed by atoms with Gasteiger partial charge in [-0.15, -0.1) is 0 Å². The van der Waals surface area contributed by atoms with Crippen molar-refractivity contribution in [3.8, 4) is 0 Å². The molecule has 0 saturated heterocycles. The average molecular weight is 249 g/mol. The maximum Gasteiger partial charge on any atom is 0.160 e. The molecular weight excluding hydrogens is 226 g/mol. The Morgan fingerprint density at radius 2 is 1.83 bits per heavy atom. The Morgan fingerprint density at radius 3 is 2.22 bits per heavy atom. The summed E-state index contributed by atoms with van der Waals surface area (Å²) in [7, 11) is 1.76. The maximum atomic E-state index is 5.65. The van der Waals surface area contributed by atoms with Gasteiger partial charge in [-0.05, 0) is 58.1 Å². The first-order valence-electron chi connectivity index (χ1n) is 6.73. The van der Waals surface area contributed by atoms with Crippen molar-refractivity contribution in [1.82, 2.24) is 9.97 Å². The van der Waals surface area contributed by atoms with E-state index in [1.54, 1.807) is 7.11 Å². The summed E-state index contributed by atoms with van der Waals surface area (Å²) in [5.74, 6) is 0.864. The van der Waals surface area contributed by atoms with Crippen LogP contribution >= 0.6 is 0 Å². The third kappa shape index (κ3) is 2.27. The van der Waals surface area contributed by atoms with Crippen LogP contribution in [0, 0.1) is 13.8 Å². The van der Waals surface area contributed by atoms with Crippen LogP contribution < -0.4 is 5.73 Å². The fourth-order valence-electron chi connectivity index (χ4n) is 2.60. The third-order valence-electron chi connectivity index (χ3n) is 4.01. The van der Waals surface area contributed by atoms with Gasteiger partial charge in [0.2, 0.25) is 0 Å². The van der Waals surface area contributed by atoms with Crippen LogP contribution in [0.1, 0.15) is 48.5 Å². The molecule has 1 saturated carbocycles. The number of hydrogen-bond acceptors (Lipinski definition) is 4. The maximum absolute atomic E-state index is 5.65. The molecule has 0 unspecified atom stereocenters. The number of rotatable bonds is 5. The second kappa shape index (κ2) is 5.33. The van der Waals surface area contributed by atoms with Gasteiger partial charge in [-0.1, -0.05) is 0 Å². The van der Waals surface area contributed by atoms with Crippen LogP contribution in [0.5, 0.6) is 0 Å². The predicted octanol–water partition coefficient (Wildman–Crippen LogP) is 2.01. The van der Waals surface area contributed by atoms with E-state index in [9.17, 15) is 0 Å². The molecule has 0 spiro atoms. The van der Waals surface area contributed by atoms with E-state index in [0.29, 0.717) is 6.54 Å².